The first-order chi connectivity index (χ1) is 9.63. The number of carbonyl (C=O) groups excluding carboxylic acids is 1. The van der Waals surface area contributed by atoms with E-state index in [4.69, 9.17) is 4.74 Å². The molecule has 0 saturated carbocycles. The van der Waals surface area contributed by atoms with Gasteiger partial charge in [-0.15, -0.1) is 0 Å². The smallest absolute Gasteiger partial charge is 0.230 e. The first kappa shape index (κ1) is 14.9. The van der Waals surface area contributed by atoms with Crippen LogP contribution < -0.4 is 5.32 Å². The van der Waals surface area contributed by atoms with Crippen LogP contribution in [0.3, 0.4) is 0 Å². The molecule has 4 heteroatoms. The van der Waals surface area contributed by atoms with Crippen molar-refractivity contribution in [2.24, 2.45) is 0 Å². The van der Waals surface area contributed by atoms with Crippen molar-refractivity contribution in [1.82, 2.24) is 4.90 Å². The number of hydrogen-bond donors (Lipinski definition) is 1. The molecule has 0 bridgehead atoms. The Kier molecular flexibility index (Phi) is 5.01. The molecular weight excluding hydrogens is 252 g/mol. The molecule has 0 aliphatic carbocycles. The van der Waals surface area contributed by atoms with Crippen LogP contribution in [0, 0.1) is 0 Å². The third kappa shape index (κ3) is 3.31. The number of carbonyl (C=O) groups is 1. The Morgan fingerprint density at radius 2 is 2.20 bits per heavy atom. The van der Waals surface area contributed by atoms with Crippen molar-refractivity contribution in [2.75, 3.05) is 32.1 Å². The summed E-state index contributed by atoms with van der Waals surface area (Å²) in [6, 6.07) is 8.42. The van der Waals surface area contributed by atoms with Gasteiger partial charge in [0.05, 0.1) is 12.5 Å². The number of fused-ring (bicyclic) bond motifs is 1. The minimum absolute atomic E-state index is 0.0472. The quantitative estimate of drug-likeness (QED) is 0.840. The zero-order chi connectivity index (χ0) is 14.5. The summed E-state index contributed by atoms with van der Waals surface area (Å²) in [5, 5.41) is 3.44. The molecule has 1 aromatic carbocycles. The first-order valence-electron chi connectivity index (χ1n) is 7.31. The Hall–Kier alpha value is -1.55. The Bertz CT molecular complexity index is 462. The molecule has 0 fully saturated rings. The van der Waals surface area contributed by atoms with Crippen LogP contribution in [0.4, 0.5) is 5.69 Å². The van der Waals surface area contributed by atoms with E-state index in [9.17, 15) is 4.79 Å². The SMILES string of the molecule is CCOCCN(C)C(=O)C1CC(C)Nc2ccccc21. The molecular formula is C16H24N2O2. The molecule has 1 heterocycles. The fraction of sp³-hybridized carbons (Fsp3) is 0.562. The maximum atomic E-state index is 12.6. The monoisotopic (exact) mass is 276 g/mol. The van der Waals surface area contributed by atoms with E-state index in [1.807, 2.05) is 38.2 Å². The Morgan fingerprint density at radius 1 is 1.45 bits per heavy atom. The van der Waals surface area contributed by atoms with Crippen molar-refractivity contribution in [3.8, 4) is 0 Å². The number of rotatable bonds is 5. The zero-order valence-corrected chi connectivity index (χ0v) is 12.6. The highest BCUT2D eigenvalue weighted by atomic mass is 16.5. The number of amides is 1. The minimum atomic E-state index is -0.0472. The molecule has 1 aliphatic rings. The highest BCUT2D eigenvalue weighted by molar-refractivity contribution is 5.86. The van der Waals surface area contributed by atoms with Gasteiger partial charge in [-0.1, -0.05) is 18.2 Å². The van der Waals surface area contributed by atoms with Gasteiger partial charge < -0.3 is 15.0 Å². The molecule has 1 N–H and O–H groups in total. The Balaban J connectivity index is 2.09. The van der Waals surface area contributed by atoms with Gasteiger partial charge in [-0.3, -0.25) is 4.79 Å². The molecule has 20 heavy (non-hydrogen) atoms. The molecule has 110 valence electrons. The average Bonchev–Trinajstić information content (AvgIpc) is 2.45. The lowest BCUT2D eigenvalue weighted by Crippen LogP contribution is -2.38. The second kappa shape index (κ2) is 6.75. The largest absolute Gasteiger partial charge is 0.382 e. The lowest BCUT2D eigenvalue weighted by Gasteiger charge is -2.33. The van der Waals surface area contributed by atoms with Crippen molar-refractivity contribution in [1.29, 1.82) is 0 Å². The summed E-state index contributed by atoms with van der Waals surface area (Å²) in [7, 11) is 1.86. The van der Waals surface area contributed by atoms with Gasteiger partial charge in [0.1, 0.15) is 0 Å². The summed E-state index contributed by atoms with van der Waals surface area (Å²) < 4.78 is 5.33. The topological polar surface area (TPSA) is 41.6 Å². The van der Waals surface area contributed by atoms with E-state index in [1.54, 1.807) is 4.90 Å². The minimum Gasteiger partial charge on any atom is -0.382 e. The summed E-state index contributed by atoms with van der Waals surface area (Å²) in [5.41, 5.74) is 2.20. The van der Waals surface area contributed by atoms with Gasteiger partial charge in [0.2, 0.25) is 5.91 Å². The van der Waals surface area contributed by atoms with E-state index in [2.05, 4.69) is 12.2 Å². The highest BCUT2D eigenvalue weighted by Crippen LogP contribution is 2.34. The second-order valence-corrected chi connectivity index (χ2v) is 5.38. The molecule has 1 aliphatic heterocycles. The Morgan fingerprint density at radius 3 is 2.95 bits per heavy atom. The molecule has 2 rings (SSSR count). The Labute approximate surface area is 121 Å². The molecule has 2 unspecified atom stereocenters. The van der Waals surface area contributed by atoms with Gasteiger partial charge in [-0.05, 0) is 31.9 Å². The third-order valence-electron chi connectivity index (χ3n) is 3.78. The number of anilines is 1. The summed E-state index contributed by atoms with van der Waals surface area (Å²) in [6.07, 6.45) is 0.842. The summed E-state index contributed by atoms with van der Waals surface area (Å²) in [6.45, 7) is 6.02. The number of hydrogen-bond acceptors (Lipinski definition) is 3. The predicted octanol–water partition coefficient (Wildman–Crippen LogP) is 2.47. The lowest BCUT2D eigenvalue weighted by molar-refractivity contribution is -0.132. The zero-order valence-electron chi connectivity index (χ0n) is 12.6. The first-order valence-corrected chi connectivity index (χ1v) is 7.31. The number of likely N-dealkylation sites (N-methyl/N-ethyl adjacent to an activating group) is 1. The highest BCUT2D eigenvalue weighted by Gasteiger charge is 2.31. The number of para-hydroxylation sites is 1. The van der Waals surface area contributed by atoms with Crippen molar-refractivity contribution in [3.63, 3.8) is 0 Å². The third-order valence-corrected chi connectivity index (χ3v) is 3.78. The molecule has 1 amide bonds. The van der Waals surface area contributed by atoms with Crippen molar-refractivity contribution < 1.29 is 9.53 Å². The molecule has 1 aromatic rings. The molecule has 0 radical (unpaired) electrons. The summed E-state index contributed by atoms with van der Waals surface area (Å²) in [4.78, 5) is 14.4. The average molecular weight is 276 g/mol. The number of benzene rings is 1. The van der Waals surface area contributed by atoms with Crippen LogP contribution in [-0.4, -0.2) is 43.7 Å². The number of nitrogens with one attached hydrogen (secondary N) is 1. The van der Waals surface area contributed by atoms with E-state index in [0.717, 1.165) is 17.7 Å². The van der Waals surface area contributed by atoms with Crippen LogP contribution in [0.2, 0.25) is 0 Å². The van der Waals surface area contributed by atoms with E-state index in [0.29, 0.717) is 25.8 Å². The molecule has 0 spiro atoms. The van der Waals surface area contributed by atoms with Crippen LogP contribution in [0.15, 0.2) is 24.3 Å². The van der Waals surface area contributed by atoms with Crippen LogP contribution in [0.1, 0.15) is 31.7 Å². The number of nitrogens with zero attached hydrogens (tertiary/aromatic N) is 1. The van der Waals surface area contributed by atoms with Crippen LogP contribution in [-0.2, 0) is 9.53 Å². The molecule has 4 nitrogen and oxygen atoms in total. The van der Waals surface area contributed by atoms with Gasteiger partial charge in [-0.25, -0.2) is 0 Å². The lowest BCUT2D eigenvalue weighted by atomic mass is 9.86. The van der Waals surface area contributed by atoms with E-state index in [1.165, 1.54) is 0 Å². The van der Waals surface area contributed by atoms with Crippen LogP contribution in [0.25, 0.3) is 0 Å². The van der Waals surface area contributed by atoms with Gasteiger partial charge >= 0.3 is 0 Å². The normalized spacial score (nSPS) is 20.9. The molecule has 2 atom stereocenters. The van der Waals surface area contributed by atoms with Crippen molar-refractivity contribution in [2.45, 2.75) is 32.2 Å². The van der Waals surface area contributed by atoms with E-state index >= 15 is 0 Å². The number of ether oxygens (including phenoxy) is 1. The van der Waals surface area contributed by atoms with Gasteiger partial charge in [-0.2, -0.15) is 0 Å². The van der Waals surface area contributed by atoms with E-state index in [-0.39, 0.29) is 11.8 Å². The molecule has 0 saturated heterocycles. The standard InChI is InChI=1S/C16H24N2O2/c1-4-20-10-9-18(3)16(19)14-11-12(2)17-15-8-6-5-7-13(14)15/h5-8,12,14,17H,4,9-11H2,1-3H3. The van der Waals surface area contributed by atoms with Crippen molar-refractivity contribution >= 4 is 11.6 Å². The maximum Gasteiger partial charge on any atom is 0.230 e. The fourth-order valence-corrected chi connectivity index (χ4v) is 2.69. The maximum absolute atomic E-state index is 12.6. The molecule has 0 aromatic heterocycles. The van der Waals surface area contributed by atoms with Crippen LogP contribution >= 0.6 is 0 Å². The van der Waals surface area contributed by atoms with Gasteiger partial charge in [0, 0.05) is 31.9 Å². The van der Waals surface area contributed by atoms with E-state index < -0.39 is 0 Å². The fourth-order valence-electron chi connectivity index (χ4n) is 2.69. The van der Waals surface area contributed by atoms with Gasteiger partial charge in [0.25, 0.3) is 0 Å². The summed E-state index contributed by atoms with van der Waals surface area (Å²) in [5.74, 6) is 0.138. The van der Waals surface area contributed by atoms with Crippen LogP contribution in [0.5, 0.6) is 0 Å². The predicted molar refractivity (Wildman–Crippen MR) is 81.0 cm³/mol. The van der Waals surface area contributed by atoms with Gasteiger partial charge in [0.15, 0.2) is 0 Å². The second-order valence-electron chi connectivity index (χ2n) is 5.38. The van der Waals surface area contributed by atoms with Crippen molar-refractivity contribution in [3.05, 3.63) is 29.8 Å². The summed E-state index contributed by atoms with van der Waals surface area (Å²) >= 11 is 0.